The second-order valence-electron chi connectivity index (χ2n) is 5.06. The number of Topliss-reactive ketones (excluding diaryl/α,β-unsaturated/α-hetero) is 1. The molecule has 0 spiro atoms. The Balaban J connectivity index is 2.12. The molecule has 3 rings (SSSR count). The van der Waals surface area contributed by atoms with E-state index in [0.29, 0.717) is 11.1 Å². The van der Waals surface area contributed by atoms with Crippen LogP contribution >= 0.6 is 15.9 Å². The summed E-state index contributed by atoms with van der Waals surface area (Å²) in [6, 6.07) is 11.3. The third-order valence-electron chi connectivity index (χ3n) is 3.57. The molecule has 0 bridgehead atoms. The highest BCUT2D eigenvalue weighted by Crippen LogP contribution is 2.33. The topological polar surface area (TPSA) is 66.4 Å². The van der Waals surface area contributed by atoms with Gasteiger partial charge in [0.05, 0.1) is 11.6 Å². The molecule has 1 saturated heterocycles. The number of ketones is 1. The molecule has 116 valence electrons. The van der Waals surface area contributed by atoms with Crippen LogP contribution in [0.15, 0.2) is 58.6 Å². The van der Waals surface area contributed by atoms with E-state index in [1.807, 2.05) is 0 Å². The van der Waals surface area contributed by atoms with Gasteiger partial charge in [-0.05, 0) is 29.8 Å². The van der Waals surface area contributed by atoms with Crippen molar-refractivity contribution in [1.29, 1.82) is 0 Å². The number of amides is 1. The van der Waals surface area contributed by atoms with Crippen molar-refractivity contribution in [3.8, 4) is 0 Å². The molecule has 4 nitrogen and oxygen atoms in total. The number of aliphatic hydroxyl groups excluding tert-OH is 1. The SMILES string of the molecule is O=C1NC(c2cccc(F)c2)C(=C(O)c2ccc(Br)cc2)C1=O. The second kappa shape index (κ2) is 5.96. The minimum Gasteiger partial charge on any atom is -0.507 e. The first kappa shape index (κ1) is 15.4. The van der Waals surface area contributed by atoms with Gasteiger partial charge in [0.15, 0.2) is 0 Å². The summed E-state index contributed by atoms with van der Waals surface area (Å²) in [5.41, 5.74) is 0.709. The quantitative estimate of drug-likeness (QED) is 0.480. The molecule has 0 radical (unpaired) electrons. The molecule has 6 heteroatoms. The van der Waals surface area contributed by atoms with Crippen LogP contribution in [-0.4, -0.2) is 16.8 Å². The average molecular weight is 376 g/mol. The number of nitrogens with one attached hydrogen (secondary N) is 1. The van der Waals surface area contributed by atoms with Gasteiger partial charge in [-0.25, -0.2) is 4.39 Å². The Morgan fingerprint density at radius 1 is 1.13 bits per heavy atom. The predicted octanol–water partition coefficient (Wildman–Crippen LogP) is 3.30. The van der Waals surface area contributed by atoms with Crippen LogP contribution in [0.5, 0.6) is 0 Å². The van der Waals surface area contributed by atoms with E-state index >= 15 is 0 Å². The highest BCUT2D eigenvalue weighted by atomic mass is 79.9. The lowest BCUT2D eigenvalue weighted by atomic mass is 9.96. The van der Waals surface area contributed by atoms with Crippen LogP contribution in [0, 0.1) is 5.82 Å². The molecule has 1 atom stereocenters. The second-order valence-corrected chi connectivity index (χ2v) is 5.98. The fourth-order valence-corrected chi connectivity index (χ4v) is 2.73. The summed E-state index contributed by atoms with van der Waals surface area (Å²) < 4.78 is 14.2. The summed E-state index contributed by atoms with van der Waals surface area (Å²) >= 11 is 3.28. The van der Waals surface area contributed by atoms with Gasteiger partial charge in [0, 0.05) is 10.0 Å². The molecule has 1 unspecified atom stereocenters. The maximum atomic E-state index is 13.4. The maximum absolute atomic E-state index is 13.4. The molecule has 2 N–H and O–H groups in total. The minimum absolute atomic E-state index is 0.0806. The van der Waals surface area contributed by atoms with Gasteiger partial charge in [-0.2, -0.15) is 0 Å². The van der Waals surface area contributed by atoms with Gasteiger partial charge in [0.25, 0.3) is 11.7 Å². The van der Waals surface area contributed by atoms with Crippen molar-refractivity contribution < 1.29 is 19.1 Å². The van der Waals surface area contributed by atoms with Crippen molar-refractivity contribution in [3.63, 3.8) is 0 Å². The van der Waals surface area contributed by atoms with Gasteiger partial charge in [-0.15, -0.1) is 0 Å². The maximum Gasteiger partial charge on any atom is 0.293 e. The van der Waals surface area contributed by atoms with E-state index in [1.165, 1.54) is 18.2 Å². The summed E-state index contributed by atoms with van der Waals surface area (Å²) in [6.07, 6.45) is 0. The van der Waals surface area contributed by atoms with Gasteiger partial charge in [0.1, 0.15) is 11.6 Å². The smallest absolute Gasteiger partial charge is 0.293 e. The number of carbonyl (C=O) groups excluding carboxylic acids is 2. The Bertz CT molecular complexity index is 830. The van der Waals surface area contributed by atoms with Gasteiger partial charge in [-0.3, -0.25) is 9.59 Å². The van der Waals surface area contributed by atoms with Gasteiger partial charge < -0.3 is 10.4 Å². The van der Waals surface area contributed by atoms with Crippen LogP contribution in [0.25, 0.3) is 5.76 Å². The van der Waals surface area contributed by atoms with Crippen molar-refractivity contribution in [3.05, 3.63) is 75.5 Å². The summed E-state index contributed by atoms with van der Waals surface area (Å²) in [7, 11) is 0. The number of hydrogen-bond acceptors (Lipinski definition) is 3. The Hall–Kier alpha value is -2.47. The fourth-order valence-electron chi connectivity index (χ4n) is 2.47. The average Bonchev–Trinajstić information content (AvgIpc) is 2.83. The largest absolute Gasteiger partial charge is 0.507 e. The summed E-state index contributed by atoms with van der Waals surface area (Å²) in [4.78, 5) is 23.9. The number of aliphatic hydroxyl groups is 1. The lowest BCUT2D eigenvalue weighted by molar-refractivity contribution is -0.133. The van der Waals surface area contributed by atoms with E-state index in [-0.39, 0.29) is 11.3 Å². The summed E-state index contributed by atoms with van der Waals surface area (Å²) in [5, 5.41) is 12.9. The van der Waals surface area contributed by atoms with Gasteiger partial charge in [-0.1, -0.05) is 40.2 Å². The number of halogens is 2. The van der Waals surface area contributed by atoms with Gasteiger partial charge >= 0.3 is 0 Å². The third kappa shape index (κ3) is 2.90. The van der Waals surface area contributed by atoms with Crippen molar-refractivity contribution in [1.82, 2.24) is 5.32 Å². The normalized spacial score (nSPS) is 19.7. The van der Waals surface area contributed by atoms with E-state index < -0.39 is 23.5 Å². The molecule has 1 heterocycles. The van der Waals surface area contributed by atoms with Crippen LogP contribution in [0.1, 0.15) is 17.2 Å². The first-order valence-electron chi connectivity index (χ1n) is 6.77. The molecule has 1 aliphatic heterocycles. The Kier molecular flexibility index (Phi) is 4.00. The lowest BCUT2D eigenvalue weighted by Gasteiger charge is -2.13. The predicted molar refractivity (Wildman–Crippen MR) is 86.0 cm³/mol. The molecular weight excluding hydrogens is 365 g/mol. The monoisotopic (exact) mass is 375 g/mol. The fraction of sp³-hybridized carbons (Fsp3) is 0.0588. The van der Waals surface area contributed by atoms with E-state index in [4.69, 9.17) is 0 Å². The van der Waals surface area contributed by atoms with Crippen molar-refractivity contribution in [2.24, 2.45) is 0 Å². The lowest BCUT2D eigenvalue weighted by Crippen LogP contribution is -2.21. The zero-order valence-corrected chi connectivity index (χ0v) is 13.3. The zero-order valence-electron chi connectivity index (χ0n) is 11.7. The van der Waals surface area contributed by atoms with Crippen molar-refractivity contribution in [2.75, 3.05) is 0 Å². The van der Waals surface area contributed by atoms with Crippen molar-refractivity contribution in [2.45, 2.75) is 6.04 Å². The Morgan fingerprint density at radius 3 is 2.48 bits per heavy atom. The van der Waals surface area contributed by atoms with Crippen molar-refractivity contribution >= 4 is 33.4 Å². The third-order valence-corrected chi connectivity index (χ3v) is 4.10. The molecule has 2 aromatic carbocycles. The molecule has 23 heavy (non-hydrogen) atoms. The molecular formula is C17H11BrFNO3. The molecule has 0 saturated carbocycles. The summed E-state index contributed by atoms with van der Waals surface area (Å²) in [5.74, 6) is -2.42. The zero-order chi connectivity index (χ0) is 16.6. The minimum atomic E-state index is -0.880. The first-order chi connectivity index (χ1) is 11.0. The highest BCUT2D eigenvalue weighted by Gasteiger charge is 2.39. The molecule has 0 aromatic heterocycles. The standard InChI is InChI=1S/C17H11BrFNO3/c18-11-6-4-9(5-7-11)15(21)13-14(20-17(23)16(13)22)10-2-1-3-12(19)8-10/h1-8,14,21H,(H,20,23). The van der Waals surface area contributed by atoms with Crippen LogP contribution in [0.4, 0.5) is 4.39 Å². The number of rotatable bonds is 2. The van der Waals surface area contributed by atoms with E-state index in [0.717, 1.165) is 4.47 Å². The molecule has 1 fully saturated rings. The van der Waals surface area contributed by atoms with Gasteiger partial charge in [0.2, 0.25) is 0 Å². The van der Waals surface area contributed by atoms with Crippen LogP contribution in [0.3, 0.4) is 0 Å². The Morgan fingerprint density at radius 2 is 1.83 bits per heavy atom. The van der Waals surface area contributed by atoms with E-state index in [2.05, 4.69) is 21.2 Å². The van der Waals surface area contributed by atoms with Crippen LogP contribution in [0.2, 0.25) is 0 Å². The highest BCUT2D eigenvalue weighted by molar-refractivity contribution is 9.10. The first-order valence-corrected chi connectivity index (χ1v) is 7.56. The molecule has 0 aliphatic carbocycles. The van der Waals surface area contributed by atoms with E-state index in [1.54, 1.807) is 30.3 Å². The molecule has 2 aromatic rings. The van der Waals surface area contributed by atoms with E-state index in [9.17, 15) is 19.1 Å². The molecule has 1 amide bonds. The van der Waals surface area contributed by atoms with Crippen LogP contribution < -0.4 is 5.32 Å². The molecule has 1 aliphatic rings. The number of benzene rings is 2. The number of carbonyl (C=O) groups is 2. The van der Waals surface area contributed by atoms with Crippen LogP contribution in [-0.2, 0) is 9.59 Å². The number of hydrogen-bond donors (Lipinski definition) is 2. The summed E-state index contributed by atoms with van der Waals surface area (Å²) in [6.45, 7) is 0. The Labute approximate surface area is 139 Å².